The molecule has 408 valence electrons. The topological polar surface area (TPSA) is 78.9 Å². The highest BCUT2D eigenvalue weighted by molar-refractivity contribution is 5.71. The molecular weight excluding hydrogens is 925 g/mol. The summed E-state index contributed by atoms with van der Waals surface area (Å²) in [7, 11) is 0. The number of rotatable bonds is 46. The lowest BCUT2D eigenvalue weighted by molar-refractivity contribution is -0.166. The van der Waals surface area contributed by atoms with E-state index >= 15 is 0 Å². The lowest BCUT2D eigenvalue weighted by Gasteiger charge is -2.18. The van der Waals surface area contributed by atoms with Gasteiger partial charge >= 0.3 is 17.9 Å². The Morgan fingerprint density at radius 3 is 0.933 bits per heavy atom. The fourth-order valence-corrected chi connectivity index (χ4v) is 6.30. The van der Waals surface area contributed by atoms with Gasteiger partial charge in [0.25, 0.3) is 0 Å². The summed E-state index contributed by atoms with van der Waals surface area (Å²) in [6, 6.07) is 0. The molecule has 0 aromatic rings. The van der Waals surface area contributed by atoms with Gasteiger partial charge in [0.2, 0.25) is 0 Å². The van der Waals surface area contributed by atoms with E-state index in [1.807, 2.05) is 97.2 Å². The van der Waals surface area contributed by atoms with E-state index in [2.05, 4.69) is 154 Å². The van der Waals surface area contributed by atoms with Crippen LogP contribution in [0.1, 0.15) is 162 Å². The van der Waals surface area contributed by atoms with Crippen molar-refractivity contribution in [3.8, 4) is 0 Å². The molecule has 0 fully saturated rings. The van der Waals surface area contributed by atoms with Gasteiger partial charge in [0.15, 0.2) is 6.10 Å². The summed E-state index contributed by atoms with van der Waals surface area (Å²) in [6.45, 7) is 6.05. The van der Waals surface area contributed by atoms with Gasteiger partial charge in [-0.3, -0.25) is 14.4 Å². The molecule has 1 atom stereocenters. The van der Waals surface area contributed by atoms with Crippen LogP contribution in [0.25, 0.3) is 0 Å². The predicted molar refractivity (Wildman–Crippen MR) is 324 cm³/mol. The molecule has 6 heteroatoms. The molecular formula is C69H96O6. The van der Waals surface area contributed by atoms with Gasteiger partial charge in [-0.05, 0) is 116 Å². The molecule has 0 N–H and O–H groups in total. The predicted octanol–water partition coefficient (Wildman–Crippen LogP) is 19.2. The van der Waals surface area contributed by atoms with Crippen LogP contribution in [0.2, 0.25) is 0 Å². The molecule has 0 aromatic carbocycles. The maximum absolute atomic E-state index is 12.8. The standard InChI is InChI=1S/C69H96O6/c1-4-7-10-13-16-19-22-25-28-31-34-37-40-43-46-49-52-55-58-61-67(70)73-64-66(75-69(72)63-60-57-54-51-48-45-42-39-36-33-30-27-24-21-18-15-12-9-6-3)65-74-68(71)62-59-56-53-50-47-44-41-38-35-32-29-26-23-20-17-14-11-8-5-2/h7-13,16-22,25-31,34-40,43-48,53-54,56-57,66H,4-6,14-15,23-24,32-33,41-42,49-52,55,58-65H2,1-3H3/b10-7-,11-8-,12-9-,16-13-,20-17-,21-18-,22-19-,28-25-,29-26-,30-27-,34-31+,38-35-,39-36-,40-37-,46-43-,47-44-,48-45-,56-53-,57-54-. The van der Waals surface area contributed by atoms with Crippen LogP contribution in [-0.4, -0.2) is 37.2 Å². The van der Waals surface area contributed by atoms with Crippen molar-refractivity contribution in [3.63, 3.8) is 0 Å². The molecule has 0 aromatic heterocycles. The first-order valence-electron chi connectivity index (χ1n) is 28.0. The molecule has 0 amide bonds. The second kappa shape index (κ2) is 60.0. The summed E-state index contributed by atoms with van der Waals surface area (Å²) in [5.41, 5.74) is 0. The van der Waals surface area contributed by atoms with E-state index in [0.717, 1.165) is 103 Å². The van der Waals surface area contributed by atoms with E-state index in [1.54, 1.807) is 0 Å². The third-order valence-electron chi connectivity index (χ3n) is 10.4. The van der Waals surface area contributed by atoms with Crippen molar-refractivity contribution in [3.05, 3.63) is 231 Å². The zero-order chi connectivity index (χ0) is 54.3. The van der Waals surface area contributed by atoms with Gasteiger partial charge in [0, 0.05) is 19.3 Å². The Hall–Kier alpha value is -6.53. The number of hydrogen-bond donors (Lipinski definition) is 0. The largest absolute Gasteiger partial charge is 0.462 e. The Labute approximate surface area is 456 Å². The quantitative estimate of drug-likeness (QED) is 0.0199. The van der Waals surface area contributed by atoms with Gasteiger partial charge in [0.1, 0.15) is 13.2 Å². The van der Waals surface area contributed by atoms with E-state index < -0.39 is 18.0 Å². The van der Waals surface area contributed by atoms with Crippen molar-refractivity contribution < 1.29 is 28.6 Å². The second-order valence-corrected chi connectivity index (χ2v) is 17.2. The van der Waals surface area contributed by atoms with Crippen molar-refractivity contribution in [1.82, 2.24) is 0 Å². The van der Waals surface area contributed by atoms with Gasteiger partial charge in [-0.15, -0.1) is 0 Å². The molecule has 0 bridgehead atoms. The first-order valence-corrected chi connectivity index (χ1v) is 28.0. The van der Waals surface area contributed by atoms with Crippen molar-refractivity contribution in [2.45, 2.75) is 168 Å². The molecule has 0 rings (SSSR count). The minimum absolute atomic E-state index is 0.162. The lowest BCUT2D eigenvalue weighted by Crippen LogP contribution is -2.30. The smallest absolute Gasteiger partial charge is 0.306 e. The summed E-state index contributed by atoms with van der Waals surface area (Å²) in [4.78, 5) is 38.1. The van der Waals surface area contributed by atoms with Gasteiger partial charge in [0.05, 0.1) is 0 Å². The Morgan fingerprint density at radius 1 is 0.280 bits per heavy atom. The summed E-state index contributed by atoms with van der Waals surface area (Å²) in [5.74, 6) is -1.21. The summed E-state index contributed by atoms with van der Waals surface area (Å²) < 4.78 is 16.7. The van der Waals surface area contributed by atoms with Crippen LogP contribution < -0.4 is 0 Å². The van der Waals surface area contributed by atoms with Gasteiger partial charge in [-0.2, -0.15) is 0 Å². The first-order chi connectivity index (χ1) is 37.0. The number of ether oxygens (including phenoxy) is 3. The van der Waals surface area contributed by atoms with Crippen LogP contribution in [0.4, 0.5) is 0 Å². The molecule has 0 spiro atoms. The molecule has 0 saturated carbocycles. The minimum atomic E-state index is -0.886. The van der Waals surface area contributed by atoms with E-state index in [4.69, 9.17) is 14.2 Å². The molecule has 0 aliphatic carbocycles. The Morgan fingerprint density at radius 2 is 0.573 bits per heavy atom. The summed E-state index contributed by atoms with van der Waals surface area (Å²) >= 11 is 0. The summed E-state index contributed by atoms with van der Waals surface area (Å²) in [5, 5.41) is 0. The number of unbranched alkanes of at least 4 members (excludes halogenated alkanes) is 3. The zero-order valence-corrected chi connectivity index (χ0v) is 46.4. The molecule has 6 nitrogen and oxygen atoms in total. The van der Waals surface area contributed by atoms with E-state index in [-0.39, 0.29) is 38.4 Å². The van der Waals surface area contributed by atoms with Crippen molar-refractivity contribution in [2.75, 3.05) is 13.2 Å². The highest BCUT2D eigenvalue weighted by Gasteiger charge is 2.19. The van der Waals surface area contributed by atoms with Crippen LogP contribution in [0.3, 0.4) is 0 Å². The number of hydrogen-bond acceptors (Lipinski definition) is 6. The van der Waals surface area contributed by atoms with Gasteiger partial charge < -0.3 is 14.2 Å². The Bertz CT molecular complexity index is 1990. The second-order valence-electron chi connectivity index (χ2n) is 17.2. The van der Waals surface area contributed by atoms with Crippen LogP contribution in [0.15, 0.2) is 231 Å². The SMILES string of the molecule is CC\C=C/C=C\C=C/C=C\C=C\C=C/C=C\CCCCCC(=O)OCC(COC(=O)CC/C=C\C/C=C\C/C=C\C/C=C\C/C=C\C/C=C\CC)OC(=O)CC/C=C\C/C=C\C/C=C\C/C=C\C/C=C\C/C=C\CC. The van der Waals surface area contributed by atoms with Gasteiger partial charge in [-0.1, -0.05) is 258 Å². The molecule has 0 aliphatic heterocycles. The maximum Gasteiger partial charge on any atom is 0.306 e. The highest BCUT2D eigenvalue weighted by atomic mass is 16.6. The highest BCUT2D eigenvalue weighted by Crippen LogP contribution is 2.09. The summed E-state index contributed by atoms with van der Waals surface area (Å²) in [6.07, 6.45) is 96.2. The molecule has 0 aliphatic rings. The first kappa shape index (κ1) is 68.5. The number of carbonyl (C=O) groups excluding carboxylic acids is 3. The van der Waals surface area contributed by atoms with E-state index in [0.29, 0.717) is 19.3 Å². The average molecular weight is 1020 g/mol. The lowest BCUT2D eigenvalue weighted by atomic mass is 10.1. The third-order valence-corrected chi connectivity index (χ3v) is 10.4. The number of allylic oxidation sites excluding steroid dienone is 38. The molecule has 0 heterocycles. The molecule has 1 unspecified atom stereocenters. The fourth-order valence-electron chi connectivity index (χ4n) is 6.30. The van der Waals surface area contributed by atoms with Crippen LogP contribution in [-0.2, 0) is 28.6 Å². The normalized spacial score (nSPS) is 13.9. The van der Waals surface area contributed by atoms with Crippen LogP contribution in [0, 0.1) is 0 Å². The molecule has 0 radical (unpaired) electrons. The number of carbonyl (C=O) groups is 3. The molecule has 75 heavy (non-hydrogen) atoms. The Balaban J connectivity index is 4.79. The van der Waals surface area contributed by atoms with E-state index in [1.165, 1.54) is 0 Å². The van der Waals surface area contributed by atoms with Crippen LogP contribution >= 0.6 is 0 Å². The van der Waals surface area contributed by atoms with E-state index in [9.17, 15) is 14.4 Å². The fraction of sp³-hybridized carbons (Fsp3) is 0.406. The van der Waals surface area contributed by atoms with Gasteiger partial charge in [-0.25, -0.2) is 0 Å². The third kappa shape index (κ3) is 58.2. The zero-order valence-electron chi connectivity index (χ0n) is 46.4. The van der Waals surface area contributed by atoms with Crippen molar-refractivity contribution >= 4 is 17.9 Å². The average Bonchev–Trinajstić information content (AvgIpc) is 3.41. The minimum Gasteiger partial charge on any atom is -0.462 e. The Kier molecular flexibility index (Phi) is 54.8. The monoisotopic (exact) mass is 1020 g/mol. The van der Waals surface area contributed by atoms with Crippen LogP contribution in [0.5, 0.6) is 0 Å². The maximum atomic E-state index is 12.8. The molecule has 0 saturated heterocycles. The number of esters is 3. The van der Waals surface area contributed by atoms with Crippen molar-refractivity contribution in [1.29, 1.82) is 0 Å². The van der Waals surface area contributed by atoms with Crippen molar-refractivity contribution in [2.24, 2.45) is 0 Å².